The van der Waals surface area contributed by atoms with Crippen molar-refractivity contribution in [1.29, 1.82) is 0 Å². The number of rotatable bonds is 2. The first-order valence-corrected chi connectivity index (χ1v) is 5.62. The molecule has 1 aromatic carbocycles. The SMILES string of the molecule is Cc1ccc(-c2c(N)noc2-c2ccco2)cc1. The Balaban J connectivity index is 2.17. The van der Waals surface area contributed by atoms with Crippen LogP contribution in [0.2, 0.25) is 0 Å². The van der Waals surface area contributed by atoms with Crippen LogP contribution in [0.4, 0.5) is 5.82 Å². The van der Waals surface area contributed by atoms with Crippen molar-refractivity contribution < 1.29 is 8.94 Å². The summed E-state index contributed by atoms with van der Waals surface area (Å²) in [5.41, 5.74) is 8.79. The minimum Gasteiger partial charge on any atom is -0.461 e. The summed E-state index contributed by atoms with van der Waals surface area (Å²) >= 11 is 0. The van der Waals surface area contributed by atoms with Gasteiger partial charge in [-0.3, -0.25) is 0 Å². The molecule has 0 fully saturated rings. The van der Waals surface area contributed by atoms with E-state index in [0.29, 0.717) is 17.3 Å². The summed E-state index contributed by atoms with van der Waals surface area (Å²) in [7, 11) is 0. The summed E-state index contributed by atoms with van der Waals surface area (Å²) in [4.78, 5) is 0. The van der Waals surface area contributed by atoms with Gasteiger partial charge >= 0.3 is 0 Å². The first-order valence-electron chi connectivity index (χ1n) is 5.62. The molecular weight excluding hydrogens is 228 g/mol. The molecule has 0 amide bonds. The van der Waals surface area contributed by atoms with E-state index >= 15 is 0 Å². The molecule has 18 heavy (non-hydrogen) atoms. The van der Waals surface area contributed by atoms with Gasteiger partial charge in [0.1, 0.15) is 0 Å². The molecule has 2 N–H and O–H groups in total. The first kappa shape index (κ1) is 10.7. The summed E-state index contributed by atoms with van der Waals surface area (Å²) < 4.78 is 10.6. The highest BCUT2D eigenvalue weighted by molar-refractivity contribution is 5.85. The van der Waals surface area contributed by atoms with Gasteiger partial charge in [-0.2, -0.15) is 0 Å². The van der Waals surface area contributed by atoms with Crippen molar-refractivity contribution in [2.75, 3.05) is 5.73 Å². The van der Waals surface area contributed by atoms with E-state index in [4.69, 9.17) is 14.7 Å². The van der Waals surface area contributed by atoms with Crippen LogP contribution in [0.5, 0.6) is 0 Å². The molecule has 0 bridgehead atoms. The van der Waals surface area contributed by atoms with Crippen LogP contribution in [0.15, 0.2) is 51.6 Å². The quantitative estimate of drug-likeness (QED) is 0.744. The maximum absolute atomic E-state index is 5.87. The van der Waals surface area contributed by atoms with Crippen LogP contribution in [0.3, 0.4) is 0 Å². The van der Waals surface area contributed by atoms with Crippen LogP contribution >= 0.6 is 0 Å². The minimum atomic E-state index is 0.366. The zero-order valence-electron chi connectivity index (χ0n) is 9.88. The second kappa shape index (κ2) is 4.07. The molecular formula is C14H12N2O2. The van der Waals surface area contributed by atoms with Crippen molar-refractivity contribution >= 4 is 5.82 Å². The van der Waals surface area contributed by atoms with Crippen molar-refractivity contribution in [3.05, 3.63) is 48.2 Å². The lowest BCUT2D eigenvalue weighted by Crippen LogP contribution is -1.88. The lowest BCUT2D eigenvalue weighted by Gasteiger charge is -2.01. The zero-order chi connectivity index (χ0) is 12.5. The molecule has 0 atom stereocenters. The Hall–Kier alpha value is -2.49. The highest BCUT2D eigenvalue weighted by Crippen LogP contribution is 2.36. The number of hydrogen-bond acceptors (Lipinski definition) is 4. The van der Waals surface area contributed by atoms with Gasteiger partial charge < -0.3 is 14.7 Å². The molecule has 0 saturated carbocycles. The number of furan rings is 1. The minimum absolute atomic E-state index is 0.366. The predicted octanol–water partition coefficient (Wildman–Crippen LogP) is 3.49. The number of aryl methyl sites for hydroxylation is 1. The first-order chi connectivity index (χ1) is 8.75. The molecule has 0 unspecified atom stereocenters. The van der Waals surface area contributed by atoms with Crippen LogP contribution < -0.4 is 5.73 Å². The van der Waals surface area contributed by atoms with E-state index in [1.165, 1.54) is 5.56 Å². The van der Waals surface area contributed by atoms with E-state index in [9.17, 15) is 0 Å². The molecule has 0 spiro atoms. The van der Waals surface area contributed by atoms with Gasteiger partial charge in [-0.1, -0.05) is 35.0 Å². The van der Waals surface area contributed by atoms with E-state index in [1.54, 1.807) is 12.3 Å². The number of nitrogens with two attached hydrogens (primary N) is 1. The van der Waals surface area contributed by atoms with Crippen LogP contribution in [0, 0.1) is 6.92 Å². The van der Waals surface area contributed by atoms with E-state index in [-0.39, 0.29) is 0 Å². The molecule has 3 rings (SSSR count). The molecule has 0 aliphatic heterocycles. The largest absolute Gasteiger partial charge is 0.461 e. The third-order valence-corrected chi connectivity index (χ3v) is 2.80. The molecule has 90 valence electrons. The molecule has 0 aliphatic rings. The third-order valence-electron chi connectivity index (χ3n) is 2.80. The Morgan fingerprint density at radius 2 is 1.89 bits per heavy atom. The maximum atomic E-state index is 5.87. The topological polar surface area (TPSA) is 65.2 Å². The number of aromatic nitrogens is 1. The molecule has 3 aromatic rings. The Labute approximate surface area is 104 Å². The Morgan fingerprint density at radius 1 is 1.11 bits per heavy atom. The average molecular weight is 240 g/mol. The van der Waals surface area contributed by atoms with Gasteiger partial charge in [-0.15, -0.1) is 0 Å². The second-order valence-electron chi connectivity index (χ2n) is 4.12. The van der Waals surface area contributed by atoms with Gasteiger partial charge in [0, 0.05) is 0 Å². The zero-order valence-corrected chi connectivity index (χ0v) is 9.88. The fourth-order valence-corrected chi connectivity index (χ4v) is 1.88. The highest BCUT2D eigenvalue weighted by atomic mass is 16.5. The lowest BCUT2D eigenvalue weighted by molar-refractivity contribution is 0.421. The molecule has 2 heterocycles. The molecule has 2 aromatic heterocycles. The van der Waals surface area contributed by atoms with Crippen LogP contribution in [-0.2, 0) is 0 Å². The molecule has 4 nitrogen and oxygen atoms in total. The van der Waals surface area contributed by atoms with E-state index in [1.807, 2.05) is 37.3 Å². The fraction of sp³-hybridized carbons (Fsp3) is 0.0714. The molecule has 4 heteroatoms. The number of nitrogens with zero attached hydrogens (tertiary/aromatic N) is 1. The number of hydrogen-bond donors (Lipinski definition) is 1. The van der Waals surface area contributed by atoms with Gasteiger partial charge in [0.2, 0.25) is 5.76 Å². The second-order valence-corrected chi connectivity index (χ2v) is 4.12. The third kappa shape index (κ3) is 1.68. The molecule has 0 saturated heterocycles. The van der Waals surface area contributed by atoms with E-state index in [2.05, 4.69) is 5.16 Å². The number of benzene rings is 1. The smallest absolute Gasteiger partial charge is 0.212 e. The van der Waals surface area contributed by atoms with Gasteiger partial charge in [-0.25, -0.2) is 0 Å². The average Bonchev–Trinajstić information content (AvgIpc) is 2.99. The Kier molecular flexibility index (Phi) is 2.41. The van der Waals surface area contributed by atoms with Gasteiger partial charge in [-0.05, 0) is 24.6 Å². The Bertz CT molecular complexity index is 652. The van der Waals surface area contributed by atoms with Crippen LogP contribution in [0.25, 0.3) is 22.6 Å². The molecule has 0 aliphatic carbocycles. The summed E-state index contributed by atoms with van der Waals surface area (Å²) in [5.74, 6) is 1.54. The van der Waals surface area contributed by atoms with E-state index in [0.717, 1.165) is 11.1 Å². The summed E-state index contributed by atoms with van der Waals surface area (Å²) in [6.07, 6.45) is 1.59. The number of anilines is 1. The standard InChI is InChI=1S/C14H12N2O2/c1-9-4-6-10(7-5-9)12-13(18-16-14(12)15)11-3-2-8-17-11/h2-8H,1H3,(H2,15,16). The summed E-state index contributed by atoms with van der Waals surface area (Å²) in [6, 6.07) is 11.6. The predicted molar refractivity (Wildman–Crippen MR) is 68.8 cm³/mol. The van der Waals surface area contributed by atoms with Crippen molar-refractivity contribution in [1.82, 2.24) is 5.16 Å². The lowest BCUT2D eigenvalue weighted by atomic mass is 10.0. The van der Waals surface area contributed by atoms with Crippen molar-refractivity contribution in [2.45, 2.75) is 6.92 Å². The van der Waals surface area contributed by atoms with Crippen molar-refractivity contribution in [3.8, 4) is 22.6 Å². The normalized spacial score (nSPS) is 10.7. The number of nitrogen functional groups attached to an aromatic ring is 1. The van der Waals surface area contributed by atoms with Crippen molar-refractivity contribution in [3.63, 3.8) is 0 Å². The van der Waals surface area contributed by atoms with Crippen LogP contribution in [0.1, 0.15) is 5.56 Å². The fourth-order valence-electron chi connectivity index (χ4n) is 1.88. The Morgan fingerprint density at radius 3 is 2.56 bits per heavy atom. The highest BCUT2D eigenvalue weighted by Gasteiger charge is 2.19. The van der Waals surface area contributed by atoms with Crippen LogP contribution in [-0.4, -0.2) is 5.16 Å². The molecule has 0 radical (unpaired) electrons. The summed E-state index contributed by atoms with van der Waals surface area (Å²) in [6.45, 7) is 2.04. The maximum Gasteiger partial charge on any atom is 0.212 e. The van der Waals surface area contributed by atoms with E-state index < -0.39 is 0 Å². The summed E-state index contributed by atoms with van der Waals surface area (Å²) in [5, 5.41) is 3.81. The van der Waals surface area contributed by atoms with Gasteiger partial charge in [0.15, 0.2) is 11.6 Å². The van der Waals surface area contributed by atoms with Gasteiger partial charge in [0.05, 0.1) is 11.8 Å². The van der Waals surface area contributed by atoms with Crippen molar-refractivity contribution in [2.24, 2.45) is 0 Å². The van der Waals surface area contributed by atoms with Gasteiger partial charge in [0.25, 0.3) is 0 Å². The monoisotopic (exact) mass is 240 g/mol.